The number of nitrogens with one attached hydrogen (secondary N) is 1. The highest BCUT2D eigenvalue weighted by Gasteiger charge is 2.30. The van der Waals surface area contributed by atoms with Crippen LogP contribution in [0.5, 0.6) is 0 Å². The van der Waals surface area contributed by atoms with Crippen LogP contribution in [0, 0.1) is 13.8 Å². The van der Waals surface area contributed by atoms with Crippen LogP contribution in [-0.2, 0) is 14.6 Å². The van der Waals surface area contributed by atoms with Crippen molar-refractivity contribution in [3.05, 3.63) is 34.9 Å². The largest absolute Gasteiger partial charge is 0.349 e. The predicted octanol–water partition coefficient (Wildman–Crippen LogP) is 2.84. The van der Waals surface area contributed by atoms with Gasteiger partial charge in [-0.05, 0) is 39.2 Å². The molecule has 1 unspecified atom stereocenters. The van der Waals surface area contributed by atoms with Crippen molar-refractivity contribution >= 4 is 15.7 Å². The van der Waals surface area contributed by atoms with E-state index in [0.29, 0.717) is 12.8 Å². The average molecular weight is 323 g/mol. The Labute approximate surface area is 133 Å². The van der Waals surface area contributed by atoms with E-state index in [9.17, 15) is 13.2 Å². The van der Waals surface area contributed by atoms with E-state index in [0.717, 1.165) is 29.5 Å². The first-order chi connectivity index (χ1) is 10.3. The predicted molar refractivity (Wildman–Crippen MR) is 88.5 cm³/mol. The molecular weight excluding hydrogens is 298 g/mol. The van der Waals surface area contributed by atoms with Crippen LogP contribution in [0.3, 0.4) is 0 Å². The topological polar surface area (TPSA) is 63.2 Å². The molecule has 0 spiro atoms. The smallest absolute Gasteiger partial charge is 0.235 e. The SMILES string of the molecule is Cc1cc(C)cc(C(C)NC(=O)CS(=O)(=O)C2CCCC2)c1. The maximum atomic E-state index is 12.2. The quantitative estimate of drug-likeness (QED) is 0.906. The minimum atomic E-state index is -3.32. The van der Waals surface area contributed by atoms with Crippen molar-refractivity contribution in [1.29, 1.82) is 0 Å². The second kappa shape index (κ2) is 6.82. The lowest BCUT2D eigenvalue weighted by atomic mass is 10.0. The summed E-state index contributed by atoms with van der Waals surface area (Å²) in [6.45, 7) is 5.90. The van der Waals surface area contributed by atoms with E-state index in [-0.39, 0.29) is 11.3 Å². The van der Waals surface area contributed by atoms with Crippen molar-refractivity contribution in [3.63, 3.8) is 0 Å². The monoisotopic (exact) mass is 323 g/mol. The summed E-state index contributed by atoms with van der Waals surface area (Å²) in [5.41, 5.74) is 3.27. The maximum Gasteiger partial charge on any atom is 0.235 e. The molecule has 0 saturated heterocycles. The minimum absolute atomic E-state index is 0.190. The van der Waals surface area contributed by atoms with Gasteiger partial charge in [-0.25, -0.2) is 8.42 Å². The van der Waals surface area contributed by atoms with Gasteiger partial charge in [-0.1, -0.05) is 42.2 Å². The van der Waals surface area contributed by atoms with E-state index in [1.165, 1.54) is 0 Å². The van der Waals surface area contributed by atoms with Gasteiger partial charge in [0.2, 0.25) is 5.91 Å². The molecule has 22 heavy (non-hydrogen) atoms. The molecule has 0 aromatic heterocycles. The molecule has 1 N–H and O–H groups in total. The Kier molecular flexibility index (Phi) is 5.27. The van der Waals surface area contributed by atoms with E-state index >= 15 is 0 Å². The summed E-state index contributed by atoms with van der Waals surface area (Å²) in [7, 11) is -3.32. The van der Waals surface area contributed by atoms with E-state index in [1.54, 1.807) is 0 Å². The first-order valence-electron chi connectivity index (χ1n) is 7.87. The molecule has 0 aliphatic heterocycles. The molecular formula is C17H25NO3S. The molecule has 1 aromatic carbocycles. The average Bonchev–Trinajstić information content (AvgIpc) is 2.91. The number of carbonyl (C=O) groups is 1. The summed E-state index contributed by atoms with van der Waals surface area (Å²) in [5.74, 6) is -0.800. The van der Waals surface area contributed by atoms with Crippen molar-refractivity contribution in [3.8, 4) is 0 Å². The van der Waals surface area contributed by atoms with Gasteiger partial charge in [0.1, 0.15) is 5.75 Å². The first kappa shape index (κ1) is 17.0. The molecule has 122 valence electrons. The Morgan fingerprint density at radius 3 is 2.27 bits per heavy atom. The summed E-state index contributed by atoms with van der Waals surface area (Å²) in [4.78, 5) is 12.1. The van der Waals surface area contributed by atoms with Gasteiger partial charge in [0, 0.05) is 0 Å². The van der Waals surface area contributed by atoms with Crippen LogP contribution in [0.2, 0.25) is 0 Å². The number of carbonyl (C=O) groups excluding carboxylic acids is 1. The second-order valence-corrected chi connectivity index (χ2v) is 8.70. The lowest BCUT2D eigenvalue weighted by Crippen LogP contribution is -2.35. The number of aryl methyl sites for hydroxylation is 2. The van der Waals surface area contributed by atoms with Crippen LogP contribution >= 0.6 is 0 Å². The summed E-state index contributed by atoms with van der Waals surface area (Å²) in [5, 5.41) is 2.49. The van der Waals surface area contributed by atoms with Crippen molar-refractivity contribution in [2.45, 2.75) is 57.7 Å². The third-order valence-electron chi connectivity index (χ3n) is 4.26. The lowest BCUT2D eigenvalue weighted by Gasteiger charge is -2.17. The molecule has 1 aromatic rings. The molecule has 1 aliphatic rings. The zero-order valence-electron chi connectivity index (χ0n) is 13.6. The Hall–Kier alpha value is -1.36. The zero-order chi connectivity index (χ0) is 16.3. The number of amides is 1. The van der Waals surface area contributed by atoms with Crippen LogP contribution in [-0.4, -0.2) is 25.3 Å². The van der Waals surface area contributed by atoms with Gasteiger partial charge < -0.3 is 5.32 Å². The normalized spacial score (nSPS) is 17.4. The maximum absolute atomic E-state index is 12.2. The van der Waals surface area contributed by atoms with Crippen molar-refractivity contribution in [2.75, 3.05) is 5.75 Å². The highest BCUT2D eigenvalue weighted by atomic mass is 32.2. The number of sulfone groups is 1. The lowest BCUT2D eigenvalue weighted by molar-refractivity contribution is -0.119. The fraction of sp³-hybridized carbons (Fsp3) is 0.588. The van der Waals surface area contributed by atoms with Gasteiger partial charge >= 0.3 is 0 Å². The standard InChI is InChI=1S/C17H25NO3S/c1-12-8-13(2)10-15(9-12)14(3)18-17(19)11-22(20,21)16-6-4-5-7-16/h8-10,14,16H,4-7,11H2,1-3H3,(H,18,19). The van der Waals surface area contributed by atoms with Crippen LogP contribution in [0.1, 0.15) is 55.3 Å². The Bertz CT molecular complexity index is 626. The molecule has 1 fully saturated rings. The van der Waals surface area contributed by atoms with Gasteiger partial charge in [0.25, 0.3) is 0 Å². The summed E-state index contributed by atoms with van der Waals surface area (Å²) in [6.07, 6.45) is 3.29. The molecule has 2 rings (SSSR count). The third-order valence-corrected chi connectivity index (χ3v) is 6.42. The van der Waals surface area contributed by atoms with Crippen LogP contribution in [0.25, 0.3) is 0 Å². The van der Waals surface area contributed by atoms with E-state index in [1.807, 2.05) is 32.9 Å². The number of hydrogen-bond acceptors (Lipinski definition) is 3. The number of hydrogen-bond donors (Lipinski definition) is 1. The Balaban J connectivity index is 1.99. The van der Waals surface area contributed by atoms with Gasteiger partial charge in [0.05, 0.1) is 11.3 Å². The summed E-state index contributed by atoms with van der Waals surface area (Å²) >= 11 is 0. The van der Waals surface area contributed by atoms with E-state index < -0.39 is 21.5 Å². The van der Waals surface area contributed by atoms with Crippen LogP contribution in [0.15, 0.2) is 18.2 Å². The molecule has 5 heteroatoms. The molecule has 0 radical (unpaired) electrons. The minimum Gasteiger partial charge on any atom is -0.349 e. The number of rotatable bonds is 5. The Morgan fingerprint density at radius 1 is 1.18 bits per heavy atom. The van der Waals surface area contributed by atoms with E-state index in [2.05, 4.69) is 11.4 Å². The molecule has 4 nitrogen and oxygen atoms in total. The van der Waals surface area contributed by atoms with Gasteiger partial charge in [-0.2, -0.15) is 0 Å². The third kappa shape index (κ3) is 4.32. The summed E-state index contributed by atoms with van der Waals surface area (Å²) in [6, 6.07) is 5.92. The van der Waals surface area contributed by atoms with Crippen LogP contribution in [0.4, 0.5) is 0 Å². The molecule has 0 bridgehead atoms. The highest BCUT2D eigenvalue weighted by molar-refractivity contribution is 7.92. The highest BCUT2D eigenvalue weighted by Crippen LogP contribution is 2.25. The first-order valence-corrected chi connectivity index (χ1v) is 9.58. The van der Waals surface area contributed by atoms with Crippen molar-refractivity contribution < 1.29 is 13.2 Å². The molecule has 1 saturated carbocycles. The molecule has 1 atom stereocenters. The second-order valence-electron chi connectivity index (χ2n) is 6.42. The fourth-order valence-electron chi connectivity index (χ4n) is 3.17. The van der Waals surface area contributed by atoms with Gasteiger partial charge in [0.15, 0.2) is 9.84 Å². The van der Waals surface area contributed by atoms with Gasteiger partial charge in [-0.3, -0.25) is 4.79 Å². The van der Waals surface area contributed by atoms with Crippen molar-refractivity contribution in [2.24, 2.45) is 0 Å². The molecule has 1 aliphatic carbocycles. The molecule has 0 heterocycles. The number of benzene rings is 1. The van der Waals surface area contributed by atoms with Crippen LogP contribution < -0.4 is 5.32 Å². The summed E-state index contributed by atoms with van der Waals surface area (Å²) < 4.78 is 24.4. The van der Waals surface area contributed by atoms with E-state index in [4.69, 9.17) is 0 Å². The van der Waals surface area contributed by atoms with Crippen molar-refractivity contribution in [1.82, 2.24) is 5.32 Å². The van der Waals surface area contributed by atoms with Gasteiger partial charge in [-0.15, -0.1) is 0 Å². The fourth-order valence-corrected chi connectivity index (χ4v) is 4.91. The Morgan fingerprint density at radius 2 is 1.73 bits per heavy atom. The zero-order valence-corrected chi connectivity index (χ0v) is 14.4. The molecule has 1 amide bonds.